The molecule has 2 aliphatic rings. The first-order valence-electron chi connectivity index (χ1n) is 7.34. The van der Waals surface area contributed by atoms with Crippen LogP contribution < -0.4 is 0 Å². The molecule has 2 nitrogen and oxygen atoms in total. The Morgan fingerprint density at radius 3 is 2.37 bits per heavy atom. The van der Waals surface area contributed by atoms with Crippen LogP contribution in [0.4, 0.5) is 4.39 Å². The predicted molar refractivity (Wildman–Crippen MR) is 73.3 cm³/mol. The van der Waals surface area contributed by atoms with E-state index >= 15 is 0 Å². The molecular weight excluding hydrogens is 241 g/mol. The van der Waals surface area contributed by atoms with Crippen LogP contribution in [-0.2, 0) is 0 Å². The smallest absolute Gasteiger partial charge is 0.123 e. The fourth-order valence-corrected chi connectivity index (χ4v) is 2.89. The highest BCUT2D eigenvalue weighted by Gasteiger charge is 2.39. The average molecular weight is 263 g/mol. The van der Waals surface area contributed by atoms with Crippen molar-refractivity contribution in [2.45, 2.75) is 50.8 Å². The molecule has 0 aromatic heterocycles. The third-order valence-corrected chi connectivity index (χ3v) is 4.48. The second-order valence-corrected chi connectivity index (χ2v) is 6.07. The molecule has 2 aliphatic carbocycles. The molecule has 0 aliphatic heterocycles. The average Bonchev–Trinajstić information content (AvgIpc) is 3.29. The van der Waals surface area contributed by atoms with Crippen LogP contribution in [0.3, 0.4) is 0 Å². The Morgan fingerprint density at radius 2 is 1.84 bits per heavy atom. The second kappa shape index (κ2) is 5.22. The largest absolute Gasteiger partial charge is 0.387 e. The van der Waals surface area contributed by atoms with E-state index in [0.29, 0.717) is 18.6 Å². The van der Waals surface area contributed by atoms with Crippen molar-refractivity contribution in [2.24, 2.45) is 5.92 Å². The van der Waals surface area contributed by atoms with Crippen molar-refractivity contribution in [1.29, 1.82) is 0 Å². The molecule has 0 heterocycles. The van der Waals surface area contributed by atoms with E-state index in [-0.39, 0.29) is 5.82 Å². The maximum absolute atomic E-state index is 12.9. The van der Waals surface area contributed by atoms with Crippen LogP contribution in [0.2, 0.25) is 0 Å². The Balaban J connectivity index is 1.65. The van der Waals surface area contributed by atoms with Gasteiger partial charge in [-0.1, -0.05) is 12.1 Å². The summed E-state index contributed by atoms with van der Waals surface area (Å²) < 4.78 is 12.9. The molecule has 2 unspecified atom stereocenters. The van der Waals surface area contributed by atoms with Gasteiger partial charge in [-0.3, -0.25) is 4.90 Å². The lowest BCUT2D eigenvalue weighted by Gasteiger charge is -2.31. The number of hydrogen-bond donors (Lipinski definition) is 1. The van der Waals surface area contributed by atoms with E-state index in [4.69, 9.17) is 0 Å². The van der Waals surface area contributed by atoms with Crippen molar-refractivity contribution in [3.05, 3.63) is 35.6 Å². The molecular formula is C16H22FNO. The van der Waals surface area contributed by atoms with Gasteiger partial charge in [-0.2, -0.15) is 0 Å². The Bertz CT molecular complexity index is 425. The lowest BCUT2D eigenvalue weighted by molar-refractivity contribution is 0.0789. The van der Waals surface area contributed by atoms with Crippen LogP contribution in [0.5, 0.6) is 0 Å². The van der Waals surface area contributed by atoms with Crippen LogP contribution in [0.15, 0.2) is 24.3 Å². The van der Waals surface area contributed by atoms with Crippen LogP contribution in [-0.4, -0.2) is 28.6 Å². The van der Waals surface area contributed by atoms with E-state index in [9.17, 15) is 9.50 Å². The molecule has 19 heavy (non-hydrogen) atoms. The normalized spacial score (nSPS) is 22.5. The maximum Gasteiger partial charge on any atom is 0.123 e. The predicted octanol–water partition coefficient (Wildman–Crippen LogP) is 3.12. The van der Waals surface area contributed by atoms with E-state index < -0.39 is 6.10 Å². The molecule has 1 aromatic rings. The number of rotatable bonds is 6. The molecule has 3 heteroatoms. The fraction of sp³-hybridized carbons (Fsp3) is 0.625. The molecule has 2 saturated carbocycles. The molecule has 0 saturated heterocycles. The molecule has 2 fully saturated rings. The first-order chi connectivity index (χ1) is 9.15. The van der Waals surface area contributed by atoms with Crippen LogP contribution in [0.1, 0.15) is 44.3 Å². The third kappa shape index (κ3) is 3.15. The van der Waals surface area contributed by atoms with Crippen molar-refractivity contribution in [1.82, 2.24) is 4.90 Å². The fourth-order valence-electron chi connectivity index (χ4n) is 2.89. The molecule has 1 N–H and O–H groups in total. The molecule has 0 amide bonds. The molecule has 3 rings (SSSR count). The first kappa shape index (κ1) is 13.1. The van der Waals surface area contributed by atoms with Crippen molar-refractivity contribution in [3.8, 4) is 0 Å². The van der Waals surface area contributed by atoms with Gasteiger partial charge in [0.15, 0.2) is 0 Å². The minimum absolute atomic E-state index is 0.249. The van der Waals surface area contributed by atoms with E-state index in [1.54, 1.807) is 12.1 Å². The van der Waals surface area contributed by atoms with Gasteiger partial charge in [0, 0.05) is 18.6 Å². The maximum atomic E-state index is 12.9. The highest BCUT2D eigenvalue weighted by molar-refractivity contribution is 5.19. The van der Waals surface area contributed by atoms with Gasteiger partial charge in [0.2, 0.25) is 0 Å². The summed E-state index contributed by atoms with van der Waals surface area (Å²) in [6.45, 7) is 2.96. The summed E-state index contributed by atoms with van der Waals surface area (Å²) in [7, 11) is 0. The van der Waals surface area contributed by atoms with E-state index in [1.807, 2.05) is 0 Å². The standard InChI is InChI=1S/C16H22FNO/c1-11(12-2-3-12)18(15-8-9-15)10-16(19)13-4-6-14(17)7-5-13/h4-7,11-12,15-16,19H,2-3,8-10H2,1H3. The molecule has 0 bridgehead atoms. The summed E-state index contributed by atoms with van der Waals surface area (Å²) in [6, 6.07) is 7.45. The first-order valence-corrected chi connectivity index (χ1v) is 7.34. The summed E-state index contributed by atoms with van der Waals surface area (Å²) in [5.74, 6) is 0.572. The van der Waals surface area contributed by atoms with Crippen LogP contribution in [0.25, 0.3) is 0 Å². The summed E-state index contributed by atoms with van der Waals surface area (Å²) in [5, 5.41) is 10.3. The zero-order chi connectivity index (χ0) is 13.4. The van der Waals surface area contributed by atoms with E-state index in [2.05, 4.69) is 11.8 Å². The number of aliphatic hydroxyl groups is 1. The summed E-state index contributed by atoms with van der Waals surface area (Å²) >= 11 is 0. The SMILES string of the molecule is CC(C1CC1)N(CC(O)c1ccc(F)cc1)C1CC1. The summed E-state index contributed by atoms with van der Waals surface area (Å²) in [4.78, 5) is 2.46. The Labute approximate surface area is 114 Å². The van der Waals surface area contributed by atoms with Crippen molar-refractivity contribution in [3.63, 3.8) is 0 Å². The van der Waals surface area contributed by atoms with Gasteiger partial charge >= 0.3 is 0 Å². The van der Waals surface area contributed by atoms with Crippen LogP contribution >= 0.6 is 0 Å². The van der Waals surface area contributed by atoms with Gasteiger partial charge in [-0.05, 0) is 56.2 Å². The second-order valence-electron chi connectivity index (χ2n) is 6.07. The zero-order valence-electron chi connectivity index (χ0n) is 11.4. The van der Waals surface area contributed by atoms with E-state index in [0.717, 1.165) is 11.5 Å². The van der Waals surface area contributed by atoms with Crippen molar-refractivity contribution in [2.75, 3.05) is 6.54 Å². The number of halogens is 1. The lowest BCUT2D eigenvalue weighted by Crippen LogP contribution is -2.39. The molecule has 1 aromatic carbocycles. The quantitative estimate of drug-likeness (QED) is 0.852. The van der Waals surface area contributed by atoms with Gasteiger partial charge in [-0.15, -0.1) is 0 Å². The lowest BCUT2D eigenvalue weighted by atomic mass is 10.1. The van der Waals surface area contributed by atoms with Crippen molar-refractivity contribution < 1.29 is 9.50 Å². The Morgan fingerprint density at radius 1 is 1.21 bits per heavy atom. The van der Waals surface area contributed by atoms with Crippen LogP contribution in [0, 0.1) is 11.7 Å². The number of aliphatic hydroxyl groups excluding tert-OH is 1. The minimum atomic E-state index is -0.512. The minimum Gasteiger partial charge on any atom is -0.387 e. The van der Waals surface area contributed by atoms with Gasteiger partial charge in [0.25, 0.3) is 0 Å². The number of hydrogen-bond acceptors (Lipinski definition) is 2. The summed E-state index contributed by atoms with van der Waals surface area (Å²) in [6.07, 6.45) is 4.66. The Hall–Kier alpha value is -0.930. The highest BCUT2D eigenvalue weighted by atomic mass is 19.1. The Kier molecular flexibility index (Phi) is 3.59. The van der Waals surface area contributed by atoms with Gasteiger partial charge < -0.3 is 5.11 Å². The molecule has 0 radical (unpaired) electrons. The molecule has 0 spiro atoms. The van der Waals surface area contributed by atoms with E-state index in [1.165, 1.54) is 37.8 Å². The number of benzene rings is 1. The molecule has 104 valence electrons. The topological polar surface area (TPSA) is 23.5 Å². The highest BCUT2D eigenvalue weighted by Crippen LogP contribution is 2.40. The third-order valence-electron chi connectivity index (χ3n) is 4.48. The van der Waals surface area contributed by atoms with Crippen molar-refractivity contribution >= 4 is 0 Å². The van der Waals surface area contributed by atoms with Gasteiger partial charge in [0.05, 0.1) is 6.10 Å². The van der Waals surface area contributed by atoms with Gasteiger partial charge in [0.1, 0.15) is 5.82 Å². The molecule has 2 atom stereocenters. The zero-order valence-corrected chi connectivity index (χ0v) is 11.4. The van der Waals surface area contributed by atoms with Gasteiger partial charge in [-0.25, -0.2) is 4.39 Å². The summed E-state index contributed by atoms with van der Waals surface area (Å²) in [5.41, 5.74) is 0.815. The number of nitrogens with zero attached hydrogens (tertiary/aromatic N) is 1. The monoisotopic (exact) mass is 263 g/mol.